The van der Waals surface area contributed by atoms with Crippen LogP contribution >= 0.6 is 0 Å². The molecule has 1 amide bonds. The summed E-state index contributed by atoms with van der Waals surface area (Å²) in [5.74, 6) is 0.849. The van der Waals surface area contributed by atoms with Crippen LogP contribution < -0.4 is 15.4 Å². The van der Waals surface area contributed by atoms with Crippen molar-refractivity contribution in [3.05, 3.63) is 77.4 Å². The fraction of sp³-hybridized carbons (Fsp3) is 0.174. The van der Waals surface area contributed by atoms with Crippen LogP contribution in [0, 0.1) is 13.8 Å². The summed E-state index contributed by atoms with van der Waals surface area (Å²) in [5.41, 5.74) is 3.03. The number of ether oxygens (including phenoxy) is 1. The Morgan fingerprint density at radius 2 is 1.80 bits per heavy atom. The normalized spacial score (nSPS) is 11.2. The summed E-state index contributed by atoms with van der Waals surface area (Å²) in [6.45, 7) is 3.84. The van der Waals surface area contributed by atoms with E-state index in [9.17, 15) is 18.0 Å². The standard InChI is InChI=1S/C23H20F3N7O2/c1-13-9-19(30-20-10-14(2)32-33-20)31-21(29-13)16-5-8-18(27-12-16)22(34)28-11-15-3-6-17(7-4-15)35-23(24,25)26/h3-10,12H,11H2,1-2H3,(H,28,34)(H2,29,30,31,32,33). The molecule has 3 aromatic heterocycles. The molecule has 0 saturated carbocycles. The van der Waals surface area contributed by atoms with Crippen LogP contribution in [0.15, 0.2) is 54.7 Å². The molecule has 0 fully saturated rings. The third-order valence-electron chi connectivity index (χ3n) is 4.68. The van der Waals surface area contributed by atoms with Gasteiger partial charge in [0.15, 0.2) is 11.6 Å². The van der Waals surface area contributed by atoms with E-state index in [1.807, 2.05) is 19.9 Å². The molecule has 0 radical (unpaired) electrons. The number of halogens is 3. The smallest absolute Gasteiger partial charge is 0.406 e. The van der Waals surface area contributed by atoms with Gasteiger partial charge in [0, 0.05) is 41.8 Å². The van der Waals surface area contributed by atoms with Crippen LogP contribution in [0.5, 0.6) is 5.75 Å². The number of amides is 1. The van der Waals surface area contributed by atoms with Gasteiger partial charge in [0.25, 0.3) is 5.91 Å². The average molecular weight is 483 g/mol. The highest BCUT2D eigenvalue weighted by molar-refractivity contribution is 5.92. The highest BCUT2D eigenvalue weighted by Crippen LogP contribution is 2.23. The number of anilines is 2. The van der Waals surface area contributed by atoms with Gasteiger partial charge >= 0.3 is 6.36 Å². The molecule has 0 aliphatic rings. The van der Waals surface area contributed by atoms with Crippen molar-refractivity contribution in [2.45, 2.75) is 26.8 Å². The molecule has 4 aromatic rings. The van der Waals surface area contributed by atoms with Crippen molar-refractivity contribution in [2.24, 2.45) is 0 Å². The summed E-state index contributed by atoms with van der Waals surface area (Å²) >= 11 is 0. The van der Waals surface area contributed by atoms with E-state index in [0.717, 1.165) is 11.4 Å². The summed E-state index contributed by atoms with van der Waals surface area (Å²) in [6.07, 6.45) is -3.26. The van der Waals surface area contributed by atoms with Gasteiger partial charge in [0.05, 0.1) is 0 Å². The molecule has 0 spiro atoms. The number of H-pyrrole nitrogens is 1. The van der Waals surface area contributed by atoms with Crippen molar-refractivity contribution in [2.75, 3.05) is 5.32 Å². The molecule has 3 heterocycles. The zero-order valence-corrected chi connectivity index (χ0v) is 18.6. The number of aromatic amines is 1. The van der Waals surface area contributed by atoms with Gasteiger partial charge in [-0.25, -0.2) is 9.97 Å². The molecule has 0 atom stereocenters. The van der Waals surface area contributed by atoms with Gasteiger partial charge < -0.3 is 15.4 Å². The Morgan fingerprint density at radius 3 is 2.43 bits per heavy atom. The Bertz CT molecular complexity index is 1320. The van der Waals surface area contributed by atoms with E-state index in [1.165, 1.54) is 30.5 Å². The quantitative estimate of drug-likeness (QED) is 0.355. The SMILES string of the molecule is Cc1cc(Nc2cc(C)[nH]n2)nc(-c2ccc(C(=O)NCc3ccc(OC(F)(F)F)cc3)nc2)n1. The fourth-order valence-corrected chi connectivity index (χ4v) is 3.12. The van der Waals surface area contributed by atoms with E-state index in [4.69, 9.17) is 0 Å². The summed E-state index contributed by atoms with van der Waals surface area (Å²) in [6, 6.07) is 12.1. The Hall–Kier alpha value is -4.48. The topological polar surface area (TPSA) is 118 Å². The molecule has 0 unspecified atom stereocenters. The van der Waals surface area contributed by atoms with Crippen molar-refractivity contribution in [1.82, 2.24) is 30.5 Å². The molecule has 1 aromatic carbocycles. The van der Waals surface area contributed by atoms with Crippen molar-refractivity contribution < 1.29 is 22.7 Å². The minimum atomic E-state index is -4.76. The molecule has 3 N–H and O–H groups in total. The first kappa shape index (κ1) is 23.7. The molecule has 35 heavy (non-hydrogen) atoms. The van der Waals surface area contributed by atoms with Crippen LogP contribution in [-0.2, 0) is 6.54 Å². The highest BCUT2D eigenvalue weighted by Gasteiger charge is 2.30. The van der Waals surface area contributed by atoms with Gasteiger partial charge in [-0.05, 0) is 43.7 Å². The number of hydrogen-bond donors (Lipinski definition) is 3. The molecule has 4 rings (SSSR count). The van der Waals surface area contributed by atoms with E-state index in [1.54, 1.807) is 18.2 Å². The lowest BCUT2D eigenvalue weighted by Gasteiger charge is -2.10. The van der Waals surface area contributed by atoms with Crippen LogP contribution in [0.4, 0.5) is 24.8 Å². The van der Waals surface area contributed by atoms with Gasteiger partial charge in [-0.15, -0.1) is 13.2 Å². The zero-order valence-electron chi connectivity index (χ0n) is 18.6. The highest BCUT2D eigenvalue weighted by atomic mass is 19.4. The number of pyridine rings is 1. The third-order valence-corrected chi connectivity index (χ3v) is 4.68. The molecular weight excluding hydrogens is 463 g/mol. The number of alkyl halides is 3. The van der Waals surface area contributed by atoms with Gasteiger partial charge in [-0.3, -0.25) is 14.9 Å². The van der Waals surface area contributed by atoms with E-state index < -0.39 is 12.3 Å². The van der Waals surface area contributed by atoms with Crippen LogP contribution in [0.3, 0.4) is 0 Å². The number of aromatic nitrogens is 5. The number of rotatable bonds is 7. The van der Waals surface area contributed by atoms with Crippen LogP contribution in [0.25, 0.3) is 11.4 Å². The van der Waals surface area contributed by atoms with Crippen molar-refractivity contribution in [3.63, 3.8) is 0 Å². The van der Waals surface area contributed by atoms with E-state index in [0.29, 0.717) is 28.6 Å². The molecular formula is C23H20F3N7O2. The lowest BCUT2D eigenvalue weighted by molar-refractivity contribution is -0.274. The van der Waals surface area contributed by atoms with Crippen LogP contribution in [-0.4, -0.2) is 37.4 Å². The maximum absolute atomic E-state index is 12.4. The molecule has 9 nitrogen and oxygen atoms in total. The van der Waals surface area contributed by atoms with Gasteiger partial charge in [-0.1, -0.05) is 12.1 Å². The first-order valence-electron chi connectivity index (χ1n) is 10.4. The maximum Gasteiger partial charge on any atom is 0.573 e. The Morgan fingerprint density at radius 1 is 1.03 bits per heavy atom. The molecule has 12 heteroatoms. The Kier molecular flexibility index (Phi) is 6.62. The molecule has 0 bridgehead atoms. The molecule has 0 saturated heterocycles. The van der Waals surface area contributed by atoms with Crippen molar-refractivity contribution in [1.29, 1.82) is 0 Å². The predicted octanol–water partition coefficient (Wildman–Crippen LogP) is 4.45. The summed E-state index contributed by atoms with van der Waals surface area (Å²) in [5, 5.41) is 12.8. The van der Waals surface area contributed by atoms with Crippen LogP contribution in [0.1, 0.15) is 27.4 Å². The number of carbonyl (C=O) groups is 1. The monoisotopic (exact) mass is 483 g/mol. The van der Waals surface area contributed by atoms with Gasteiger partial charge in [-0.2, -0.15) is 5.10 Å². The predicted molar refractivity (Wildman–Crippen MR) is 121 cm³/mol. The van der Waals surface area contributed by atoms with E-state index in [2.05, 4.69) is 40.5 Å². The number of hydrogen-bond acceptors (Lipinski definition) is 7. The van der Waals surface area contributed by atoms with E-state index in [-0.39, 0.29) is 18.0 Å². The Balaban J connectivity index is 1.39. The largest absolute Gasteiger partial charge is 0.573 e. The number of carbonyl (C=O) groups excluding carboxylic acids is 1. The first-order chi connectivity index (χ1) is 16.6. The average Bonchev–Trinajstić information content (AvgIpc) is 3.21. The second kappa shape index (κ2) is 9.79. The lowest BCUT2D eigenvalue weighted by Crippen LogP contribution is -2.23. The first-order valence-corrected chi connectivity index (χ1v) is 10.4. The Labute approximate surface area is 197 Å². The lowest BCUT2D eigenvalue weighted by atomic mass is 10.2. The van der Waals surface area contributed by atoms with E-state index >= 15 is 0 Å². The zero-order chi connectivity index (χ0) is 25.0. The molecule has 180 valence electrons. The minimum absolute atomic E-state index is 0.108. The second-order valence-electron chi connectivity index (χ2n) is 7.59. The molecule has 0 aliphatic heterocycles. The number of nitrogens with zero attached hydrogens (tertiary/aromatic N) is 4. The van der Waals surface area contributed by atoms with Gasteiger partial charge in [0.2, 0.25) is 0 Å². The fourth-order valence-electron chi connectivity index (χ4n) is 3.12. The maximum atomic E-state index is 12.4. The van der Waals surface area contributed by atoms with Crippen molar-refractivity contribution >= 4 is 17.5 Å². The number of aryl methyl sites for hydroxylation is 2. The third kappa shape index (κ3) is 6.53. The van der Waals surface area contributed by atoms with Gasteiger partial charge in [0.1, 0.15) is 17.3 Å². The molecule has 0 aliphatic carbocycles. The van der Waals surface area contributed by atoms with Crippen molar-refractivity contribution in [3.8, 4) is 17.1 Å². The minimum Gasteiger partial charge on any atom is -0.406 e. The van der Waals surface area contributed by atoms with Crippen LogP contribution in [0.2, 0.25) is 0 Å². The number of benzene rings is 1. The second-order valence-corrected chi connectivity index (χ2v) is 7.59. The summed E-state index contributed by atoms with van der Waals surface area (Å²) in [7, 11) is 0. The summed E-state index contributed by atoms with van der Waals surface area (Å²) in [4.78, 5) is 25.6. The number of nitrogens with one attached hydrogen (secondary N) is 3. The summed E-state index contributed by atoms with van der Waals surface area (Å²) < 4.78 is 40.6.